The molecule has 4 heteroatoms. The van der Waals surface area contributed by atoms with Crippen LogP contribution in [0.15, 0.2) is 60.8 Å². The molecule has 4 rings (SSSR count). The van der Waals surface area contributed by atoms with E-state index in [4.69, 9.17) is 4.52 Å². The summed E-state index contributed by atoms with van der Waals surface area (Å²) in [6.45, 7) is 8.10. The van der Waals surface area contributed by atoms with Gasteiger partial charge in [-0.2, -0.15) is 0 Å². The average Bonchev–Trinajstić information content (AvgIpc) is 2.94. The highest BCUT2D eigenvalue weighted by Crippen LogP contribution is 2.37. The third-order valence-corrected chi connectivity index (χ3v) is 7.16. The number of pyridine rings is 1. The zero-order chi connectivity index (χ0) is 19.8. The summed E-state index contributed by atoms with van der Waals surface area (Å²) in [5.41, 5.74) is 6.09. The second-order valence-corrected chi connectivity index (χ2v) is 9.48. The molecule has 28 heavy (non-hydrogen) atoms. The Morgan fingerprint density at radius 1 is 0.929 bits per heavy atom. The molecule has 4 aromatic rings. The highest BCUT2D eigenvalue weighted by Gasteiger charge is 2.24. The van der Waals surface area contributed by atoms with Gasteiger partial charge in [0.2, 0.25) is 5.52 Å². The predicted octanol–water partition coefficient (Wildman–Crippen LogP) is 5.44. The van der Waals surface area contributed by atoms with Crippen LogP contribution in [0.4, 0.5) is 0 Å². The lowest BCUT2D eigenvalue weighted by atomic mass is 10.1. The number of nitrogens with zero attached hydrogens (tertiary/aromatic N) is 1. The molecule has 3 nitrogen and oxygen atoms in total. The van der Waals surface area contributed by atoms with Gasteiger partial charge in [0.1, 0.15) is 0 Å². The molecular formula is C24H27NO2P+. The van der Waals surface area contributed by atoms with Crippen molar-refractivity contribution in [1.82, 2.24) is 0 Å². The van der Waals surface area contributed by atoms with E-state index in [0.717, 1.165) is 0 Å². The summed E-state index contributed by atoms with van der Waals surface area (Å²) in [5, 5.41) is 12.3. The Morgan fingerprint density at radius 2 is 1.61 bits per heavy atom. The normalized spacial score (nSPS) is 14.5. The van der Waals surface area contributed by atoms with Crippen LogP contribution in [0.2, 0.25) is 0 Å². The van der Waals surface area contributed by atoms with Crippen LogP contribution in [0.1, 0.15) is 31.4 Å². The fraction of sp³-hybridized carbons (Fsp3) is 0.292. The minimum absolute atomic E-state index is 0.0130. The van der Waals surface area contributed by atoms with Crippen molar-refractivity contribution in [3.63, 3.8) is 0 Å². The van der Waals surface area contributed by atoms with Gasteiger partial charge in [0.25, 0.3) is 7.92 Å². The second-order valence-electron chi connectivity index (χ2n) is 7.81. The van der Waals surface area contributed by atoms with E-state index in [1.165, 1.54) is 38.3 Å². The van der Waals surface area contributed by atoms with Gasteiger partial charge >= 0.3 is 0 Å². The first-order valence-electron chi connectivity index (χ1n) is 9.81. The van der Waals surface area contributed by atoms with Gasteiger partial charge in [-0.25, -0.2) is 0 Å². The lowest BCUT2D eigenvalue weighted by Crippen LogP contribution is -2.24. The minimum atomic E-state index is -0.970. The molecule has 3 unspecified atom stereocenters. The predicted molar refractivity (Wildman–Crippen MR) is 117 cm³/mol. The van der Waals surface area contributed by atoms with Crippen molar-refractivity contribution in [1.29, 1.82) is 0 Å². The molecule has 0 aliphatic rings. The maximum Gasteiger partial charge on any atom is 0.298 e. The molecule has 1 N–H and O–H groups in total. The third kappa shape index (κ3) is 3.71. The van der Waals surface area contributed by atoms with Gasteiger partial charge in [-0.3, -0.25) is 4.52 Å². The molecule has 2 aromatic heterocycles. The molecule has 0 saturated heterocycles. The highest BCUT2D eigenvalue weighted by atomic mass is 31.1. The van der Waals surface area contributed by atoms with E-state index in [0.29, 0.717) is 6.42 Å². The molecule has 0 radical (unpaired) electrons. The highest BCUT2D eigenvalue weighted by molar-refractivity contribution is 7.44. The molecule has 0 bridgehead atoms. The number of hydrogen-bond donors (Lipinski definition) is 1. The van der Waals surface area contributed by atoms with Crippen molar-refractivity contribution in [3.8, 4) is 11.1 Å². The molecule has 2 aromatic carbocycles. The van der Waals surface area contributed by atoms with Crippen LogP contribution in [0.3, 0.4) is 0 Å². The van der Waals surface area contributed by atoms with Crippen LogP contribution < -0.4 is 8.69 Å². The Labute approximate surface area is 167 Å². The molecule has 3 atom stereocenters. The summed E-state index contributed by atoms with van der Waals surface area (Å²) in [6, 6.07) is 19.6. The number of aliphatic hydroxyl groups is 1. The van der Waals surface area contributed by atoms with Crippen molar-refractivity contribution in [2.45, 2.75) is 46.3 Å². The molecule has 2 heterocycles. The zero-order valence-electron chi connectivity index (χ0n) is 16.9. The Morgan fingerprint density at radius 3 is 2.32 bits per heavy atom. The fourth-order valence-electron chi connectivity index (χ4n) is 3.70. The monoisotopic (exact) mass is 392 g/mol. The van der Waals surface area contributed by atoms with Crippen LogP contribution in [0.25, 0.3) is 27.1 Å². The number of aliphatic hydroxyl groups excluding tert-OH is 1. The summed E-state index contributed by atoms with van der Waals surface area (Å²) >= 11 is 0. The van der Waals surface area contributed by atoms with E-state index in [2.05, 4.69) is 78.8 Å². The first-order valence-corrected chi connectivity index (χ1v) is 11.0. The number of rotatable bonds is 5. The molecule has 0 aliphatic carbocycles. The number of benzene rings is 2. The molecule has 0 fully saturated rings. The molecule has 0 aliphatic heterocycles. The Hall–Kier alpha value is -2.19. The smallest absolute Gasteiger partial charge is 0.298 e. The summed E-state index contributed by atoms with van der Waals surface area (Å²) in [4.78, 5) is 0. The maximum atomic E-state index is 9.77. The Kier molecular flexibility index (Phi) is 5.25. The van der Waals surface area contributed by atoms with E-state index in [1.54, 1.807) is 0 Å². The third-order valence-electron chi connectivity index (χ3n) is 5.10. The van der Waals surface area contributed by atoms with Crippen molar-refractivity contribution < 1.29 is 13.8 Å². The van der Waals surface area contributed by atoms with Gasteiger partial charge in [-0.05, 0) is 57.0 Å². The lowest BCUT2D eigenvalue weighted by molar-refractivity contribution is -0.438. The quantitative estimate of drug-likeness (QED) is 0.491. The van der Waals surface area contributed by atoms with E-state index in [-0.39, 0.29) is 12.2 Å². The van der Waals surface area contributed by atoms with Gasteiger partial charge in [0.15, 0.2) is 6.20 Å². The van der Waals surface area contributed by atoms with Crippen molar-refractivity contribution in [2.24, 2.45) is 0 Å². The number of aromatic nitrogens is 1. The lowest BCUT2D eigenvalue weighted by Gasteiger charge is -2.11. The van der Waals surface area contributed by atoms with Crippen LogP contribution in [0, 0.1) is 13.8 Å². The SMILES string of the molecule is Cc1ccc(-c2ccc3c4ccc(C)cc4p(OC(C)CC(C)O)[n+]3c2)cc1. The standard InChI is InChI=1S/C24H27NO2P/c1-16-5-8-20(9-6-16)21-10-12-23-22-11-7-17(2)13-24(22)28(25(23)15-21)27-19(4)14-18(3)26/h5-13,15,18-19,26H,14H2,1-4H3/q+1. The van der Waals surface area contributed by atoms with E-state index in [9.17, 15) is 5.11 Å². The van der Waals surface area contributed by atoms with Gasteiger partial charge in [-0.15, -0.1) is 4.16 Å². The Bertz CT molecular complexity index is 1130. The van der Waals surface area contributed by atoms with E-state index in [1.807, 2.05) is 13.8 Å². The molecule has 0 amide bonds. The summed E-state index contributed by atoms with van der Waals surface area (Å²) in [6.07, 6.45) is 2.47. The van der Waals surface area contributed by atoms with Crippen LogP contribution in [-0.2, 0) is 0 Å². The van der Waals surface area contributed by atoms with Crippen LogP contribution in [-0.4, -0.2) is 17.3 Å². The first kappa shape index (κ1) is 19.1. The van der Waals surface area contributed by atoms with Crippen molar-refractivity contribution in [2.75, 3.05) is 0 Å². The molecule has 0 spiro atoms. The topological polar surface area (TPSA) is 33.6 Å². The van der Waals surface area contributed by atoms with Gasteiger partial charge in [-0.1, -0.05) is 35.9 Å². The van der Waals surface area contributed by atoms with Crippen molar-refractivity contribution in [3.05, 3.63) is 71.9 Å². The van der Waals surface area contributed by atoms with E-state index < -0.39 is 7.92 Å². The average molecular weight is 392 g/mol. The molecular weight excluding hydrogens is 365 g/mol. The summed E-state index contributed by atoms with van der Waals surface area (Å²) < 4.78 is 8.81. The minimum Gasteiger partial charge on any atom is -0.393 e. The second kappa shape index (κ2) is 7.67. The zero-order valence-corrected chi connectivity index (χ0v) is 17.8. The largest absolute Gasteiger partial charge is 0.393 e. The summed E-state index contributed by atoms with van der Waals surface area (Å²) in [7, 11) is -0.970. The van der Waals surface area contributed by atoms with E-state index >= 15 is 0 Å². The number of hydrogen-bond acceptors (Lipinski definition) is 2. The Balaban J connectivity index is 1.89. The number of fused-ring (bicyclic) bond motifs is 3. The number of aryl methyl sites for hydroxylation is 2. The first-order chi connectivity index (χ1) is 13.4. The maximum absolute atomic E-state index is 9.77. The molecule has 0 saturated carbocycles. The van der Waals surface area contributed by atoms with Gasteiger partial charge < -0.3 is 5.11 Å². The van der Waals surface area contributed by atoms with Gasteiger partial charge in [0.05, 0.1) is 22.7 Å². The van der Waals surface area contributed by atoms with Crippen LogP contribution in [0.5, 0.6) is 0 Å². The van der Waals surface area contributed by atoms with Gasteiger partial charge in [0, 0.05) is 18.1 Å². The summed E-state index contributed by atoms with van der Waals surface area (Å²) in [5.74, 6) is 0. The molecule has 144 valence electrons. The van der Waals surface area contributed by atoms with Crippen molar-refractivity contribution >= 4 is 23.9 Å². The van der Waals surface area contributed by atoms with Crippen LogP contribution >= 0.6 is 7.92 Å². The fourth-order valence-corrected chi connectivity index (χ4v) is 5.89.